The molecule has 0 fully saturated rings. The van der Waals surface area contributed by atoms with Gasteiger partial charge in [-0.05, 0) is 33.6 Å². The molecule has 0 aliphatic rings. The van der Waals surface area contributed by atoms with E-state index in [4.69, 9.17) is 0 Å². The molecular weight excluding hydrogens is 406 g/mol. The lowest BCUT2D eigenvalue weighted by atomic mass is 10.2. The van der Waals surface area contributed by atoms with Gasteiger partial charge >= 0.3 is 0 Å². The molecule has 7 heteroatoms. The topological polar surface area (TPSA) is 44.7 Å². The molecule has 0 bridgehead atoms. The van der Waals surface area contributed by atoms with E-state index in [9.17, 15) is 4.21 Å². The van der Waals surface area contributed by atoms with E-state index >= 15 is 0 Å². The van der Waals surface area contributed by atoms with Crippen LogP contribution < -0.4 is 5.32 Å². The van der Waals surface area contributed by atoms with Gasteiger partial charge in [0, 0.05) is 47.8 Å². The SMILES string of the molecule is CN=C(NCCS(=O)Cc1ccccc1)N(C)Cc1ccc(Br)s1. The van der Waals surface area contributed by atoms with Gasteiger partial charge in [-0.2, -0.15) is 0 Å². The molecule has 0 saturated carbocycles. The molecule has 0 radical (unpaired) electrons. The first kappa shape index (κ1) is 19.1. The molecule has 0 aliphatic heterocycles. The van der Waals surface area contributed by atoms with Crippen molar-refractivity contribution in [2.75, 3.05) is 26.4 Å². The largest absolute Gasteiger partial charge is 0.355 e. The molecule has 0 amide bonds. The fourth-order valence-corrected chi connectivity index (χ4v) is 4.81. The van der Waals surface area contributed by atoms with E-state index in [0.717, 1.165) is 21.9 Å². The van der Waals surface area contributed by atoms with Crippen molar-refractivity contribution >= 4 is 44.0 Å². The molecule has 2 rings (SSSR count). The van der Waals surface area contributed by atoms with E-state index in [2.05, 4.69) is 43.3 Å². The van der Waals surface area contributed by atoms with Gasteiger partial charge in [-0.3, -0.25) is 9.20 Å². The van der Waals surface area contributed by atoms with Gasteiger partial charge in [0.25, 0.3) is 0 Å². The van der Waals surface area contributed by atoms with Crippen LogP contribution in [0.4, 0.5) is 0 Å². The Balaban J connectivity index is 1.75. The third kappa shape index (κ3) is 6.37. The minimum atomic E-state index is -0.877. The summed E-state index contributed by atoms with van der Waals surface area (Å²) in [6.07, 6.45) is 0. The summed E-state index contributed by atoms with van der Waals surface area (Å²) < 4.78 is 13.3. The van der Waals surface area contributed by atoms with Gasteiger partial charge in [0.15, 0.2) is 5.96 Å². The number of nitrogens with one attached hydrogen (secondary N) is 1. The van der Waals surface area contributed by atoms with Crippen LogP contribution in [-0.4, -0.2) is 41.5 Å². The van der Waals surface area contributed by atoms with Gasteiger partial charge in [-0.25, -0.2) is 0 Å². The number of guanidine groups is 1. The molecule has 4 nitrogen and oxygen atoms in total. The van der Waals surface area contributed by atoms with E-state index in [1.165, 1.54) is 4.88 Å². The quantitative estimate of drug-likeness (QED) is 0.543. The minimum Gasteiger partial charge on any atom is -0.355 e. The molecular formula is C17H22BrN3OS2. The van der Waals surface area contributed by atoms with Crippen LogP contribution in [0.3, 0.4) is 0 Å². The molecule has 2 aromatic rings. The second-order valence-corrected chi connectivity index (χ2v) is 9.43. The van der Waals surface area contributed by atoms with Crippen LogP contribution in [0, 0.1) is 0 Å². The third-order valence-corrected chi connectivity index (χ3v) is 6.30. The smallest absolute Gasteiger partial charge is 0.193 e. The van der Waals surface area contributed by atoms with Gasteiger partial charge in [0.2, 0.25) is 0 Å². The highest BCUT2D eigenvalue weighted by atomic mass is 79.9. The van der Waals surface area contributed by atoms with Crippen molar-refractivity contribution in [3.8, 4) is 0 Å². The van der Waals surface area contributed by atoms with Crippen LogP contribution in [0.25, 0.3) is 0 Å². The normalized spacial score (nSPS) is 12.9. The van der Waals surface area contributed by atoms with E-state index in [1.54, 1.807) is 18.4 Å². The van der Waals surface area contributed by atoms with Crippen molar-refractivity contribution < 1.29 is 4.21 Å². The maximum absolute atomic E-state index is 12.2. The van der Waals surface area contributed by atoms with Gasteiger partial charge in [-0.15, -0.1) is 11.3 Å². The number of halogens is 1. The molecule has 0 spiro atoms. The van der Waals surface area contributed by atoms with Crippen LogP contribution in [0.5, 0.6) is 0 Å². The first-order chi connectivity index (χ1) is 11.6. The van der Waals surface area contributed by atoms with Gasteiger partial charge in [-0.1, -0.05) is 30.3 Å². The highest BCUT2D eigenvalue weighted by Gasteiger charge is 2.09. The fraction of sp³-hybridized carbons (Fsp3) is 0.353. The average molecular weight is 428 g/mol. The number of hydrogen-bond acceptors (Lipinski definition) is 3. The summed E-state index contributed by atoms with van der Waals surface area (Å²) in [6.45, 7) is 1.44. The Morgan fingerprint density at radius 2 is 2.04 bits per heavy atom. The third-order valence-electron chi connectivity index (χ3n) is 3.38. The van der Waals surface area contributed by atoms with Gasteiger partial charge in [0.1, 0.15) is 0 Å². The van der Waals surface area contributed by atoms with Crippen LogP contribution >= 0.6 is 27.3 Å². The van der Waals surface area contributed by atoms with Crippen molar-refractivity contribution in [1.82, 2.24) is 10.2 Å². The number of nitrogens with zero attached hydrogens (tertiary/aromatic N) is 2. The van der Waals surface area contributed by atoms with E-state index < -0.39 is 10.8 Å². The zero-order valence-electron chi connectivity index (χ0n) is 13.9. The predicted molar refractivity (Wildman–Crippen MR) is 108 cm³/mol. The Hall–Kier alpha value is -1.18. The van der Waals surface area contributed by atoms with Crippen molar-refractivity contribution in [2.45, 2.75) is 12.3 Å². The van der Waals surface area contributed by atoms with Crippen LogP contribution in [0.2, 0.25) is 0 Å². The Bertz CT molecular complexity index is 688. The lowest BCUT2D eigenvalue weighted by Crippen LogP contribution is -2.40. The van der Waals surface area contributed by atoms with E-state index in [-0.39, 0.29) is 0 Å². The van der Waals surface area contributed by atoms with Gasteiger partial charge < -0.3 is 10.2 Å². The van der Waals surface area contributed by atoms with E-state index in [1.807, 2.05) is 37.4 Å². The molecule has 1 unspecified atom stereocenters. The second-order valence-electron chi connectivity index (χ2n) is 5.31. The number of thiophene rings is 1. The Morgan fingerprint density at radius 1 is 1.29 bits per heavy atom. The lowest BCUT2D eigenvalue weighted by Gasteiger charge is -2.21. The molecule has 0 saturated heterocycles. The maximum Gasteiger partial charge on any atom is 0.193 e. The number of rotatable bonds is 7. The molecule has 0 aliphatic carbocycles. The van der Waals surface area contributed by atoms with Crippen LogP contribution in [0.15, 0.2) is 51.2 Å². The number of benzene rings is 1. The second kappa shape index (κ2) is 9.96. The number of aliphatic imine (C=N–C) groups is 1. The summed E-state index contributed by atoms with van der Waals surface area (Å²) in [4.78, 5) is 7.63. The summed E-state index contributed by atoms with van der Waals surface area (Å²) in [5.41, 5.74) is 1.11. The molecule has 1 aromatic carbocycles. The van der Waals surface area contributed by atoms with Gasteiger partial charge in [0.05, 0.1) is 10.3 Å². The lowest BCUT2D eigenvalue weighted by molar-refractivity contribution is 0.484. The summed E-state index contributed by atoms with van der Waals surface area (Å²) in [5, 5.41) is 3.29. The molecule has 1 N–H and O–H groups in total. The first-order valence-corrected chi connectivity index (χ1v) is 10.7. The van der Waals surface area contributed by atoms with Crippen LogP contribution in [-0.2, 0) is 23.1 Å². The summed E-state index contributed by atoms with van der Waals surface area (Å²) in [5.74, 6) is 2.02. The zero-order valence-corrected chi connectivity index (χ0v) is 17.1. The standard InChI is InChI=1S/C17H22BrN3OS2/c1-19-17(21(2)12-15-8-9-16(18)23-15)20-10-11-24(22)13-14-6-4-3-5-7-14/h3-9H,10-13H2,1-2H3,(H,19,20). The van der Waals surface area contributed by atoms with Crippen molar-refractivity contribution in [3.63, 3.8) is 0 Å². The Kier molecular flexibility index (Phi) is 7.94. The highest BCUT2D eigenvalue weighted by molar-refractivity contribution is 9.11. The molecule has 130 valence electrons. The molecule has 1 aromatic heterocycles. The van der Waals surface area contributed by atoms with Crippen molar-refractivity contribution in [1.29, 1.82) is 0 Å². The monoisotopic (exact) mass is 427 g/mol. The minimum absolute atomic E-state index is 0.597. The number of hydrogen-bond donors (Lipinski definition) is 1. The maximum atomic E-state index is 12.2. The first-order valence-electron chi connectivity index (χ1n) is 7.63. The molecule has 1 atom stereocenters. The Labute approximate surface area is 158 Å². The average Bonchev–Trinajstić information content (AvgIpc) is 2.97. The highest BCUT2D eigenvalue weighted by Crippen LogP contribution is 2.22. The molecule has 1 heterocycles. The van der Waals surface area contributed by atoms with Crippen LogP contribution in [0.1, 0.15) is 10.4 Å². The Morgan fingerprint density at radius 3 is 2.67 bits per heavy atom. The van der Waals surface area contributed by atoms with Crippen molar-refractivity contribution in [3.05, 3.63) is 56.7 Å². The predicted octanol–water partition coefficient (Wildman–Crippen LogP) is 3.47. The summed E-state index contributed by atoms with van der Waals surface area (Å²) >= 11 is 5.20. The summed E-state index contributed by atoms with van der Waals surface area (Å²) in [7, 11) is 2.89. The fourth-order valence-electron chi connectivity index (χ4n) is 2.24. The molecule has 24 heavy (non-hydrogen) atoms. The van der Waals surface area contributed by atoms with Crippen molar-refractivity contribution in [2.24, 2.45) is 4.99 Å². The van der Waals surface area contributed by atoms with E-state index in [0.29, 0.717) is 18.1 Å². The zero-order chi connectivity index (χ0) is 17.4. The summed E-state index contributed by atoms with van der Waals surface area (Å²) in [6, 6.07) is 14.1.